The van der Waals surface area contributed by atoms with Crippen molar-refractivity contribution in [2.24, 2.45) is 0 Å². The summed E-state index contributed by atoms with van der Waals surface area (Å²) in [6.07, 6.45) is 4.44. The number of aromatic amines is 1. The number of para-hydroxylation sites is 1. The van der Waals surface area contributed by atoms with Crippen LogP contribution in [0.25, 0.3) is 21.1 Å². The van der Waals surface area contributed by atoms with E-state index in [1.54, 1.807) is 17.5 Å². The number of thioether (sulfide) groups is 1. The van der Waals surface area contributed by atoms with Crippen LogP contribution in [0.4, 0.5) is 0 Å². The fourth-order valence-electron chi connectivity index (χ4n) is 3.05. The Morgan fingerprint density at radius 3 is 2.88 bits per heavy atom. The van der Waals surface area contributed by atoms with E-state index in [2.05, 4.69) is 16.9 Å². The first-order valence-electron chi connectivity index (χ1n) is 8.29. The number of aryl methyl sites for hydroxylation is 1. The molecule has 3 heterocycles. The van der Waals surface area contributed by atoms with E-state index in [4.69, 9.17) is 0 Å². The molecule has 26 heavy (non-hydrogen) atoms. The van der Waals surface area contributed by atoms with Crippen molar-refractivity contribution in [2.45, 2.75) is 25.0 Å². The van der Waals surface area contributed by atoms with E-state index in [1.807, 2.05) is 36.6 Å². The quantitative estimate of drug-likeness (QED) is 0.320. The summed E-state index contributed by atoms with van der Waals surface area (Å²) in [7, 11) is 0. The van der Waals surface area contributed by atoms with Crippen molar-refractivity contribution in [2.75, 3.05) is 6.26 Å². The van der Waals surface area contributed by atoms with Gasteiger partial charge >= 0.3 is 0 Å². The largest absolute Gasteiger partial charge is 0.360 e. The molecule has 4 aromatic rings. The van der Waals surface area contributed by atoms with E-state index in [1.165, 1.54) is 16.3 Å². The van der Waals surface area contributed by atoms with Crippen LogP contribution in [-0.4, -0.2) is 26.6 Å². The van der Waals surface area contributed by atoms with Gasteiger partial charge in [-0.2, -0.15) is 0 Å². The number of carbonyl (C=O) groups is 1. The molecule has 4 rings (SSSR count). The van der Waals surface area contributed by atoms with Crippen molar-refractivity contribution in [3.05, 3.63) is 57.3 Å². The van der Waals surface area contributed by atoms with Crippen LogP contribution in [-0.2, 0) is 13.0 Å². The van der Waals surface area contributed by atoms with Gasteiger partial charge in [0.2, 0.25) is 0 Å². The smallest absolute Gasteiger partial charge is 0.263 e. The van der Waals surface area contributed by atoms with E-state index in [0.29, 0.717) is 16.1 Å². The summed E-state index contributed by atoms with van der Waals surface area (Å²) in [5.41, 5.74) is 1.36. The highest BCUT2D eigenvalue weighted by atomic mass is 32.2. The topological polar surface area (TPSA) is 67.8 Å². The Bertz CT molecular complexity index is 1190. The van der Waals surface area contributed by atoms with Crippen molar-refractivity contribution in [1.82, 2.24) is 14.5 Å². The van der Waals surface area contributed by atoms with Gasteiger partial charge in [-0.1, -0.05) is 36.9 Å². The summed E-state index contributed by atoms with van der Waals surface area (Å²) >= 11 is 2.92. The molecule has 1 aromatic carbocycles. The number of benzene rings is 1. The fourth-order valence-corrected chi connectivity index (χ4v) is 4.61. The van der Waals surface area contributed by atoms with E-state index < -0.39 is 0 Å². The molecule has 0 amide bonds. The Hall–Kier alpha value is -2.38. The SMILES string of the molecule is CCc1cc2c(=O)n(CC(=O)c3c[nH]c4ccccc34)c(SC)nc2s1. The first-order chi connectivity index (χ1) is 12.6. The van der Waals surface area contributed by atoms with Crippen LogP contribution >= 0.6 is 23.1 Å². The number of Topliss-reactive ketones (excluding diaryl/α,β-unsaturated/α-hetero) is 1. The van der Waals surface area contributed by atoms with Gasteiger partial charge in [0.25, 0.3) is 5.56 Å². The molecular weight excluding hydrogens is 366 g/mol. The van der Waals surface area contributed by atoms with Crippen LogP contribution in [0.15, 0.2) is 46.5 Å². The minimum atomic E-state index is -0.150. The lowest BCUT2D eigenvalue weighted by Gasteiger charge is -2.09. The second kappa shape index (κ2) is 6.74. The highest BCUT2D eigenvalue weighted by Gasteiger charge is 2.18. The van der Waals surface area contributed by atoms with Crippen LogP contribution in [0, 0.1) is 0 Å². The fraction of sp³-hybridized carbons (Fsp3) is 0.211. The van der Waals surface area contributed by atoms with E-state index >= 15 is 0 Å². The van der Waals surface area contributed by atoms with Gasteiger partial charge in [0.1, 0.15) is 4.83 Å². The van der Waals surface area contributed by atoms with Gasteiger partial charge < -0.3 is 4.98 Å². The van der Waals surface area contributed by atoms with Crippen LogP contribution in [0.5, 0.6) is 0 Å². The molecule has 7 heteroatoms. The lowest BCUT2D eigenvalue weighted by atomic mass is 10.1. The number of fused-ring (bicyclic) bond motifs is 2. The number of hydrogen-bond donors (Lipinski definition) is 1. The molecule has 0 aliphatic heterocycles. The zero-order valence-electron chi connectivity index (χ0n) is 14.4. The molecule has 0 fully saturated rings. The third kappa shape index (κ3) is 2.77. The molecule has 0 aliphatic rings. The monoisotopic (exact) mass is 383 g/mol. The first-order valence-corrected chi connectivity index (χ1v) is 10.3. The van der Waals surface area contributed by atoms with E-state index in [0.717, 1.165) is 27.0 Å². The zero-order valence-corrected chi connectivity index (χ0v) is 16.0. The highest BCUT2D eigenvalue weighted by molar-refractivity contribution is 7.98. The number of nitrogens with one attached hydrogen (secondary N) is 1. The summed E-state index contributed by atoms with van der Waals surface area (Å²) < 4.78 is 1.49. The molecule has 0 saturated heterocycles. The highest BCUT2D eigenvalue weighted by Crippen LogP contribution is 2.25. The lowest BCUT2D eigenvalue weighted by Crippen LogP contribution is -2.26. The third-order valence-electron chi connectivity index (χ3n) is 4.39. The second-order valence-electron chi connectivity index (χ2n) is 5.95. The molecule has 0 spiro atoms. The van der Waals surface area contributed by atoms with Crippen LogP contribution in [0.3, 0.4) is 0 Å². The standard InChI is InChI=1S/C19H17N3O2S2/c1-3-11-8-13-17(26-11)21-19(25-2)22(18(13)24)10-16(23)14-9-20-15-7-5-4-6-12(14)15/h4-9,20H,3,10H2,1-2H3. The van der Waals surface area contributed by atoms with Gasteiger partial charge in [-0.3, -0.25) is 14.2 Å². The molecule has 0 radical (unpaired) electrons. The first kappa shape index (κ1) is 17.1. The molecule has 5 nitrogen and oxygen atoms in total. The molecular formula is C19H17N3O2S2. The summed E-state index contributed by atoms with van der Waals surface area (Å²) in [5, 5.41) is 2.03. The van der Waals surface area contributed by atoms with Crippen LogP contribution in [0.2, 0.25) is 0 Å². The number of nitrogens with zero attached hydrogens (tertiary/aromatic N) is 2. The minimum Gasteiger partial charge on any atom is -0.360 e. The zero-order chi connectivity index (χ0) is 18.3. The average molecular weight is 383 g/mol. The number of rotatable bonds is 5. The predicted molar refractivity (Wildman–Crippen MR) is 108 cm³/mol. The second-order valence-corrected chi connectivity index (χ2v) is 7.83. The van der Waals surface area contributed by atoms with Gasteiger partial charge in [0.15, 0.2) is 10.9 Å². The van der Waals surface area contributed by atoms with Crippen LogP contribution in [0.1, 0.15) is 22.2 Å². The summed E-state index contributed by atoms with van der Waals surface area (Å²) in [4.78, 5) is 35.4. The van der Waals surface area contributed by atoms with E-state index in [-0.39, 0.29) is 17.9 Å². The molecule has 0 atom stereocenters. The molecule has 3 aromatic heterocycles. The average Bonchev–Trinajstić information content (AvgIpc) is 3.27. The Labute approximate surface area is 158 Å². The Balaban J connectivity index is 1.80. The number of thiophene rings is 1. The van der Waals surface area contributed by atoms with Crippen molar-refractivity contribution in [3.8, 4) is 0 Å². The normalized spacial score (nSPS) is 11.5. The third-order valence-corrected chi connectivity index (χ3v) is 6.24. The Kier molecular flexibility index (Phi) is 4.42. The molecule has 0 unspecified atom stereocenters. The number of carbonyl (C=O) groups excluding carboxylic acids is 1. The number of aromatic nitrogens is 3. The van der Waals surface area contributed by atoms with Gasteiger partial charge in [-0.15, -0.1) is 11.3 Å². The van der Waals surface area contributed by atoms with Gasteiger partial charge in [0.05, 0.1) is 11.9 Å². The van der Waals surface area contributed by atoms with Crippen molar-refractivity contribution in [1.29, 1.82) is 0 Å². The number of H-pyrrole nitrogens is 1. The number of ketones is 1. The molecule has 0 bridgehead atoms. The van der Waals surface area contributed by atoms with Gasteiger partial charge in [0, 0.05) is 27.5 Å². The summed E-state index contributed by atoms with van der Waals surface area (Å²) in [5.74, 6) is -0.105. The Morgan fingerprint density at radius 1 is 1.31 bits per heavy atom. The van der Waals surface area contributed by atoms with Crippen LogP contribution < -0.4 is 5.56 Å². The molecule has 0 saturated carbocycles. The summed E-state index contributed by atoms with van der Waals surface area (Å²) in [6, 6.07) is 9.55. The van der Waals surface area contributed by atoms with Crippen molar-refractivity contribution >= 4 is 50.0 Å². The van der Waals surface area contributed by atoms with Gasteiger partial charge in [-0.25, -0.2) is 4.98 Å². The lowest BCUT2D eigenvalue weighted by molar-refractivity contribution is 0.0969. The van der Waals surface area contributed by atoms with Crippen molar-refractivity contribution < 1.29 is 4.79 Å². The maximum Gasteiger partial charge on any atom is 0.263 e. The predicted octanol–water partition coefficient (Wildman–Crippen LogP) is 4.11. The summed E-state index contributed by atoms with van der Waals surface area (Å²) in [6.45, 7) is 2.04. The maximum atomic E-state index is 13.0. The Morgan fingerprint density at radius 2 is 2.12 bits per heavy atom. The van der Waals surface area contributed by atoms with Gasteiger partial charge in [-0.05, 0) is 24.8 Å². The maximum absolute atomic E-state index is 13.0. The minimum absolute atomic E-state index is 0.0168. The molecule has 1 N–H and O–H groups in total. The number of hydrogen-bond acceptors (Lipinski definition) is 5. The van der Waals surface area contributed by atoms with E-state index in [9.17, 15) is 9.59 Å². The van der Waals surface area contributed by atoms with Crippen molar-refractivity contribution in [3.63, 3.8) is 0 Å². The molecule has 0 aliphatic carbocycles. The molecule has 132 valence electrons.